The van der Waals surface area contributed by atoms with E-state index in [1.807, 2.05) is 16.4 Å². The second-order valence-electron chi connectivity index (χ2n) is 9.92. The molecule has 1 aromatic heterocycles. The smallest absolute Gasteiger partial charge is 0.217 e. The van der Waals surface area contributed by atoms with Crippen molar-refractivity contribution >= 4 is 15.7 Å². The molecule has 5 atom stereocenters. The van der Waals surface area contributed by atoms with E-state index >= 15 is 8.78 Å². The second kappa shape index (κ2) is 7.21. The summed E-state index contributed by atoms with van der Waals surface area (Å²) in [7, 11) is -3.51. The predicted molar refractivity (Wildman–Crippen MR) is 114 cm³/mol. The SMILES string of the molecule is CC1CC[C@@H](C2CC2)S(=O)(=O)N1Cc1cc(F)c(N2C[C@@H]3C(n4cnnc4)[C@@H]3C2)cc1F. The van der Waals surface area contributed by atoms with Crippen molar-refractivity contribution < 1.29 is 17.2 Å². The molecule has 0 bridgehead atoms. The first-order valence-electron chi connectivity index (χ1n) is 11.4. The van der Waals surface area contributed by atoms with Gasteiger partial charge in [-0.25, -0.2) is 17.2 Å². The van der Waals surface area contributed by atoms with Crippen molar-refractivity contribution in [3.63, 3.8) is 0 Å². The van der Waals surface area contributed by atoms with Crippen molar-refractivity contribution in [1.82, 2.24) is 19.1 Å². The van der Waals surface area contributed by atoms with Gasteiger partial charge in [-0.3, -0.25) is 0 Å². The average Bonchev–Trinajstić information content (AvgIpc) is 3.57. The van der Waals surface area contributed by atoms with Crippen LogP contribution in [-0.4, -0.2) is 51.9 Å². The van der Waals surface area contributed by atoms with Gasteiger partial charge in [-0.2, -0.15) is 4.31 Å². The van der Waals surface area contributed by atoms with Crippen molar-refractivity contribution in [2.24, 2.45) is 17.8 Å². The fourth-order valence-corrected chi connectivity index (χ4v) is 8.39. The number of hydrogen-bond donors (Lipinski definition) is 0. The summed E-state index contributed by atoms with van der Waals surface area (Å²) in [5.41, 5.74) is 0.358. The van der Waals surface area contributed by atoms with E-state index in [-0.39, 0.29) is 35.0 Å². The molecule has 2 unspecified atom stereocenters. The summed E-state index contributed by atoms with van der Waals surface area (Å²) < 4.78 is 59.8. The number of hydrogen-bond acceptors (Lipinski definition) is 5. The fraction of sp³-hybridized carbons (Fsp3) is 0.636. The molecule has 0 spiro atoms. The van der Waals surface area contributed by atoms with Crippen LogP contribution in [0.3, 0.4) is 0 Å². The molecule has 4 fully saturated rings. The van der Waals surface area contributed by atoms with Gasteiger partial charge < -0.3 is 9.47 Å². The van der Waals surface area contributed by atoms with Gasteiger partial charge in [0.05, 0.1) is 10.9 Å². The van der Waals surface area contributed by atoms with Crippen LogP contribution >= 0.6 is 0 Å². The molecular formula is C22H27F2N5O2S. The third-order valence-electron chi connectivity index (χ3n) is 7.93. The molecule has 6 rings (SSSR count). The van der Waals surface area contributed by atoms with E-state index in [2.05, 4.69) is 10.2 Å². The van der Waals surface area contributed by atoms with E-state index in [4.69, 9.17) is 0 Å². The molecule has 2 aliphatic carbocycles. The maximum atomic E-state index is 15.1. The van der Waals surface area contributed by atoms with Gasteiger partial charge >= 0.3 is 0 Å². The summed E-state index contributed by atoms with van der Waals surface area (Å²) in [6.07, 6.45) is 6.71. The van der Waals surface area contributed by atoms with E-state index in [1.165, 1.54) is 16.4 Å². The van der Waals surface area contributed by atoms with Gasteiger partial charge in [0.25, 0.3) is 0 Å². The lowest BCUT2D eigenvalue weighted by molar-refractivity contribution is 0.273. The molecule has 172 valence electrons. The lowest BCUT2D eigenvalue weighted by Gasteiger charge is -2.37. The summed E-state index contributed by atoms with van der Waals surface area (Å²) in [5.74, 6) is -0.0567. The maximum Gasteiger partial charge on any atom is 0.217 e. The summed E-state index contributed by atoms with van der Waals surface area (Å²) in [4.78, 5) is 1.89. The van der Waals surface area contributed by atoms with E-state index in [9.17, 15) is 8.42 Å². The molecule has 0 radical (unpaired) electrons. The highest BCUT2D eigenvalue weighted by Crippen LogP contribution is 2.56. The Kier molecular flexibility index (Phi) is 4.63. The van der Waals surface area contributed by atoms with Crippen LogP contribution in [0.15, 0.2) is 24.8 Å². The van der Waals surface area contributed by atoms with Gasteiger partial charge in [0.1, 0.15) is 24.3 Å². The lowest BCUT2D eigenvalue weighted by Crippen LogP contribution is -2.48. The highest BCUT2D eigenvalue weighted by molar-refractivity contribution is 7.89. The molecule has 2 aliphatic heterocycles. The summed E-state index contributed by atoms with van der Waals surface area (Å²) in [5, 5.41) is 7.32. The molecule has 2 saturated carbocycles. The van der Waals surface area contributed by atoms with Crippen LogP contribution in [0.4, 0.5) is 14.5 Å². The number of fused-ring (bicyclic) bond motifs is 1. The van der Waals surface area contributed by atoms with E-state index in [0.29, 0.717) is 37.4 Å². The summed E-state index contributed by atoms with van der Waals surface area (Å²) in [6.45, 7) is 3.05. The Balaban J connectivity index is 1.19. The number of nitrogens with zero attached hydrogens (tertiary/aromatic N) is 5. The van der Waals surface area contributed by atoms with Crippen LogP contribution in [0.1, 0.15) is 44.2 Å². The Hall–Kier alpha value is -2.07. The molecule has 0 amide bonds. The second-order valence-corrected chi connectivity index (χ2v) is 12.0. The zero-order valence-corrected chi connectivity index (χ0v) is 18.8. The van der Waals surface area contributed by atoms with Crippen LogP contribution in [0, 0.1) is 29.4 Å². The number of benzene rings is 1. The van der Waals surface area contributed by atoms with Gasteiger partial charge in [-0.1, -0.05) is 0 Å². The molecule has 3 heterocycles. The molecule has 1 aromatic carbocycles. The van der Waals surface area contributed by atoms with Crippen molar-refractivity contribution in [3.8, 4) is 0 Å². The van der Waals surface area contributed by atoms with Crippen molar-refractivity contribution in [2.45, 2.75) is 56.5 Å². The van der Waals surface area contributed by atoms with E-state index < -0.39 is 21.7 Å². The number of aromatic nitrogens is 3. The molecule has 7 nitrogen and oxygen atoms in total. The van der Waals surface area contributed by atoms with Gasteiger partial charge in [0, 0.05) is 55.2 Å². The zero-order valence-electron chi connectivity index (χ0n) is 17.9. The van der Waals surface area contributed by atoms with Crippen LogP contribution < -0.4 is 4.90 Å². The van der Waals surface area contributed by atoms with Gasteiger partial charge in [-0.05, 0) is 44.6 Å². The third kappa shape index (κ3) is 3.25. The average molecular weight is 464 g/mol. The standard InChI is InChI=1S/C22H27F2N5O2S/c1-13-2-5-21(14-3-4-14)32(30,31)29(13)8-15-6-19(24)20(7-18(15)23)27-9-16-17(10-27)22(16)28-11-25-26-12-28/h6-7,11-14,16-17,21-22H,2-5,8-10H2,1H3/t13?,16-,17+,21-,22?/m0/s1. The number of sulfonamides is 1. The number of halogens is 2. The number of piperidine rings is 1. The van der Waals surface area contributed by atoms with Gasteiger partial charge in [0.2, 0.25) is 10.0 Å². The number of rotatable bonds is 5. The predicted octanol–water partition coefficient (Wildman–Crippen LogP) is 2.96. The number of anilines is 1. The molecular weight excluding hydrogens is 436 g/mol. The molecule has 32 heavy (non-hydrogen) atoms. The van der Waals surface area contributed by atoms with Crippen LogP contribution in [0.5, 0.6) is 0 Å². The van der Waals surface area contributed by atoms with Crippen LogP contribution in [-0.2, 0) is 16.6 Å². The molecule has 2 aromatic rings. The third-order valence-corrected chi connectivity index (χ3v) is 10.5. The van der Waals surface area contributed by atoms with Crippen molar-refractivity contribution in [1.29, 1.82) is 0 Å². The largest absolute Gasteiger partial charge is 0.368 e. The highest BCUT2D eigenvalue weighted by atomic mass is 32.2. The quantitative estimate of drug-likeness (QED) is 0.682. The first-order chi connectivity index (χ1) is 15.3. The first-order valence-corrected chi connectivity index (χ1v) is 12.9. The molecule has 4 aliphatic rings. The van der Waals surface area contributed by atoms with E-state index in [0.717, 1.165) is 19.3 Å². The molecule has 10 heteroatoms. The normalized spacial score (nSPS) is 34.0. The monoisotopic (exact) mass is 463 g/mol. The summed E-state index contributed by atoms with van der Waals surface area (Å²) >= 11 is 0. The van der Waals surface area contributed by atoms with Crippen LogP contribution in [0.2, 0.25) is 0 Å². The first kappa shape index (κ1) is 20.5. The van der Waals surface area contributed by atoms with Crippen LogP contribution in [0.25, 0.3) is 0 Å². The minimum atomic E-state index is -3.51. The molecule has 2 saturated heterocycles. The topological polar surface area (TPSA) is 71.3 Å². The van der Waals surface area contributed by atoms with Crippen molar-refractivity contribution in [3.05, 3.63) is 42.0 Å². The Morgan fingerprint density at radius 2 is 1.69 bits per heavy atom. The fourth-order valence-electron chi connectivity index (χ4n) is 5.92. The Bertz CT molecular complexity index is 1130. The van der Waals surface area contributed by atoms with E-state index in [1.54, 1.807) is 12.7 Å². The molecule has 0 N–H and O–H groups in total. The Morgan fingerprint density at radius 1 is 1.00 bits per heavy atom. The Labute approximate surface area is 186 Å². The lowest BCUT2D eigenvalue weighted by atomic mass is 10.1. The van der Waals surface area contributed by atoms with Gasteiger partial charge in [-0.15, -0.1) is 10.2 Å². The summed E-state index contributed by atoms with van der Waals surface area (Å²) in [6, 6.07) is 2.55. The highest BCUT2D eigenvalue weighted by Gasteiger charge is 2.57. The minimum Gasteiger partial charge on any atom is -0.368 e. The minimum absolute atomic E-state index is 0.102. The zero-order chi connectivity index (χ0) is 22.2. The maximum absolute atomic E-state index is 15.1. The van der Waals surface area contributed by atoms with Gasteiger partial charge in [0.15, 0.2) is 0 Å². The van der Waals surface area contributed by atoms with Crippen molar-refractivity contribution in [2.75, 3.05) is 18.0 Å². The Morgan fingerprint density at radius 3 is 2.34 bits per heavy atom.